The lowest BCUT2D eigenvalue weighted by Gasteiger charge is -2.25. The van der Waals surface area contributed by atoms with Gasteiger partial charge in [-0.15, -0.1) is 0 Å². The highest BCUT2D eigenvalue weighted by Gasteiger charge is 2.51. The van der Waals surface area contributed by atoms with Crippen molar-refractivity contribution in [2.75, 3.05) is 13.1 Å². The Balaban J connectivity index is 1.50. The molecule has 5 aliphatic rings. The third kappa shape index (κ3) is 3.04. The van der Waals surface area contributed by atoms with Crippen LogP contribution in [0.2, 0.25) is 0 Å². The van der Waals surface area contributed by atoms with Gasteiger partial charge in [-0.1, -0.05) is 24.3 Å². The van der Waals surface area contributed by atoms with Gasteiger partial charge in [0.1, 0.15) is 18.7 Å². The molecule has 3 unspecified atom stereocenters. The van der Waals surface area contributed by atoms with E-state index in [2.05, 4.69) is 58.2 Å². The van der Waals surface area contributed by atoms with E-state index in [0.717, 1.165) is 18.1 Å². The maximum absolute atomic E-state index is 11.8. The highest BCUT2D eigenvalue weighted by molar-refractivity contribution is 6.21. The average Bonchev–Trinajstić information content (AvgIpc) is 3.46. The first-order valence-electron chi connectivity index (χ1n) is 9.18. The molecule has 1 amide bonds. The topological polar surface area (TPSA) is 97.2 Å². The Morgan fingerprint density at radius 2 is 2.07 bits per heavy atom. The zero-order chi connectivity index (χ0) is 18.9. The molecule has 1 saturated heterocycles. The van der Waals surface area contributed by atoms with Gasteiger partial charge in [-0.3, -0.25) is 14.8 Å². The first-order chi connectivity index (χ1) is 13.8. The molecule has 3 atom stereocenters. The van der Waals surface area contributed by atoms with Gasteiger partial charge >= 0.3 is 0 Å². The first-order valence-corrected chi connectivity index (χ1v) is 9.18. The standard InChI is InChI=1S/C19H18N8O/c28-16-11-20-10-13-3-1-4-14(9-13)26-19-25-12-24-18(27(19)26)15-5-2-6-22-17(15)23-8-7-21-16/h1-5,7-8,10,12-13,15,18H,6,9,11H2. The molecular formula is C19H18N8O. The Kier molecular flexibility index (Phi) is 4.12. The molecule has 28 heavy (non-hydrogen) atoms. The van der Waals surface area contributed by atoms with Crippen molar-refractivity contribution in [2.45, 2.75) is 12.6 Å². The predicted octanol–water partition coefficient (Wildman–Crippen LogP) is 1.04. The fourth-order valence-electron chi connectivity index (χ4n) is 3.61. The summed E-state index contributed by atoms with van der Waals surface area (Å²) in [6.45, 7) is 0.602. The Bertz CT molecular complexity index is 964. The zero-order valence-corrected chi connectivity index (χ0v) is 15.0. The summed E-state index contributed by atoms with van der Waals surface area (Å²) in [6, 6.07) is 0. The van der Waals surface area contributed by atoms with Crippen molar-refractivity contribution in [1.82, 2.24) is 10.0 Å². The summed E-state index contributed by atoms with van der Waals surface area (Å²) >= 11 is 0. The highest BCUT2D eigenvalue weighted by atomic mass is 16.1. The number of allylic oxidation sites excluding steroid dienone is 4. The minimum absolute atomic E-state index is 0.0263. The zero-order valence-electron chi connectivity index (χ0n) is 15.0. The number of amides is 1. The Morgan fingerprint density at radius 3 is 3.04 bits per heavy atom. The van der Waals surface area contributed by atoms with E-state index in [4.69, 9.17) is 0 Å². The van der Waals surface area contributed by atoms with E-state index in [1.807, 2.05) is 18.4 Å². The maximum Gasteiger partial charge on any atom is 0.267 e. The van der Waals surface area contributed by atoms with Gasteiger partial charge in [-0.05, 0) is 6.08 Å². The van der Waals surface area contributed by atoms with Gasteiger partial charge in [0.15, 0.2) is 6.17 Å². The monoisotopic (exact) mass is 374 g/mol. The smallest absolute Gasteiger partial charge is 0.267 e. The van der Waals surface area contributed by atoms with Crippen molar-refractivity contribution in [3.8, 4) is 0 Å². The molecule has 4 aliphatic heterocycles. The second-order valence-electron chi connectivity index (χ2n) is 6.77. The normalized spacial score (nSPS) is 30.5. The molecule has 1 fully saturated rings. The molecule has 4 heterocycles. The first kappa shape index (κ1) is 16.7. The number of hydrogen-bond donors (Lipinski definition) is 0. The quantitative estimate of drug-likeness (QED) is 0.468. The number of amidine groups is 1. The molecule has 0 aromatic rings. The molecule has 2 bridgehead atoms. The van der Waals surface area contributed by atoms with E-state index in [9.17, 15) is 4.79 Å². The summed E-state index contributed by atoms with van der Waals surface area (Å²) in [5.74, 6) is 1.25. The fourth-order valence-corrected chi connectivity index (χ4v) is 3.61. The van der Waals surface area contributed by atoms with Gasteiger partial charge < -0.3 is 0 Å². The van der Waals surface area contributed by atoms with Gasteiger partial charge in [0.2, 0.25) is 5.96 Å². The number of fused-ring (bicyclic) bond motifs is 6. The van der Waals surface area contributed by atoms with Crippen LogP contribution in [0.4, 0.5) is 0 Å². The van der Waals surface area contributed by atoms with Crippen LogP contribution in [0.1, 0.15) is 6.42 Å². The van der Waals surface area contributed by atoms with Crippen LogP contribution < -0.4 is 0 Å². The number of rotatable bonds is 0. The lowest BCUT2D eigenvalue weighted by Crippen LogP contribution is -2.35. The van der Waals surface area contributed by atoms with E-state index in [1.165, 1.54) is 12.4 Å². The van der Waals surface area contributed by atoms with Crippen LogP contribution in [0.15, 0.2) is 66.0 Å². The largest absolute Gasteiger partial charge is 0.287 e. The van der Waals surface area contributed by atoms with Crippen LogP contribution in [0.5, 0.6) is 0 Å². The summed E-state index contributed by atoms with van der Waals surface area (Å²) in [6.07, 6.45) is 17.2. The van der Waals surface area contributed by atoms with Crippen LogP contribution in [-0.2, 0) is 4.79 Å². The van der Waals surface area contributed by atoms with Gasteiger partial charge in [0, 0.05) is 36.7 Å². The van der Waals surface area contributed by atoms with Gasteiger partial charge in [-0.2, -0.15) is 0 Å². The minimum Gasteiger partial charge on any atom is -0.287 e. The number of nitrogens with zero attached hydrogens (tertiary/aromatic N) is 8. The van der Waals surface area contributed by atoms with Crippen molar-refractivity contribution in [2.24, 2.45) is 41.8 Å². The number of hydrazine groups is 1. The molecule has 0 aromatic carbocycles. The summed E-state index contributed by atoms with van der Waals surface area (Å²) in [7, 11) is 0. The Hall–Kier alpha value is -3.49. The van der Waals surface area contributed by atoms with Crippen molar-refractivity contribution in [3.05, 3.63) is 36.1 Å². The van der Waals surface area contributed by atoms with Crippen LogP contribution in [0.25, 0.3) is 0 Å². The lowest BCUT2D eigenvalue weighted by molar-refractivity contribution is -0.116. The number of carbonyl (C=O) groups excluding carboxylic acids is 1. The molecule has 140 valence electrons. The molecule has 0 N–H and O–H groups in total. The molecule has 9 heteroatoms. The van der Waals surface area contributed by atoms with Crippen LogP contribution in [0, 0.1) is 11.8 Å². The van der Waals surface area contributed by atoms with Crippen molar-refractivity contribution in [3.63, 3.8) is 0 Å². The van der Waals surface area contributed by atoms with Crippen molar-refractivity contribution in [1.29, 1.82) is 0 Å². The number of guanidine groups is 1. The molecular weight excluding hydrogens is 356 g/mol. The molecule has 9 nitrogen and oxygen atoms in total. The number of aliphatic imine (C=N–C) groups is 6. The number of carbonyl (C=O) groups is 1. The average molecular weight is 374 g/mol. The third-order valence-corrected chi connectivity index (χ3v) is 4.91. The van der Waals surface area contributed by atoms with Crippen molar-refractivity contribution >= 4 is 42.7 Å². The van der Waals surface area contributed by atoms with Crippen LogP contribution in [-0.4, -0.2) is 72.0 Å². The molecule has 0 spiro atoms. The van der Waals surface area contributed by atoms with Crippen molar-refractivity contribution < 1.29 is 4.79 Å². The minimum atomic E-state index is -0.306. The summed E-state index contributed by atoms with van der Waals surface area (Å²) in [5, 5.41) is 4.16. The molecule has 0 radical (unpaired) electrons. The fraction of sp³-hybridized carbons (Fsp3) is 0.316. The van der Waals surface area contributed by atoms with Gasteiger partial charge in [0.05, 0.1) is 12.5 Å². The summed E-state index contributed by atoms with van der Waals surface area (Å²) in [5.41, 5.74) is 1.12. The van der Waals surface area contributed by atoms with E-state index in [-0.39, 0.29) is 30.5 Å². The Morgan fingerprint density at radius 1 is 1.14 bits per heavy atom. The molecule has 0 aromatic heterocycles. The number of hydrogen-bond acceptors (Lipinski definition) is 8. The van der Waals surface area contributed by atoms with Gasteiger partial charge in [0.25, 0.3) is 5.91 Å². The molecule has 0 saturated carbocycles. The van der Waals surface area contributed by atoms with Crippen LogP contribution in [0.3, 0.4) is 0 Å². The predicted molar refractivity (Wildman–Crippen MR) is 109 cm³/mol. The second-order valence-corrected chi connectivity index (χ2v) is 6.77. The summed E-state index contributed by atoms with van der Waals surface area (Å²) < 4.78 is 0. The number of dihydropyridines is 1. The van der Waals surface area contributed by atoms with Crippen LogP contribution >= 0.6 is 0 Å². The molecule has 5 rings (SSSR count). The summed E-state index contributed by atoms with van der Waals surface area (Å²) in [4.78, 5) is 37.9. The SMILES string of the molecule is O=C1CN=CC2C=CC=C(C2)N2C3=NC=NC(C4C=CCN=C4N=CC=N1)N32. The maximum atomic E-state index is 11.8. The van der Waals surface area contributed by atoms with E-state index < -0.39 is 0 Å². The molecule has 1 aliphatic carbocycles. The van der Waals surface area contributed by atoms with E-state index >= 15 is 0 Å². The third-order valence-electron chi connectivity index (χ3n) is 4.91. The second kappa shape index (κ2) is 6.91. The van der Waals surface area contributed by atoms with Gasteiger partial charge in [-0.25, -0.2) is 30.0 Å². The van der Waals surface area contributed by atoms with E-state index in [1.54, 1.807) is 6.34 Å². The highest BCUT2D eigenvalue weighted by Crippen LogP contribution is 2.38. The van der Waals surface area contributed by atoms with E-state index in [0.29, 0.717) is 12.4 Å². The Labute approximate surface area is 161 Å². The lowest BCUT2D eigenvalue weighted by atomic mass is 9.99.